The van der Waals surface area contributed by atoms with E-state index in [9.17, 15) is 0 Å². The molecule has 2 N–H and O–H groups in total. The van der Waals surface area contributed by atoms with E-state index in [4.69, 9.17) is 0 Å². The molecule has 0 aromatic carbocycles. The van der Waals surface area contributed by atoms with Crippen molar-refractivity contribution in [3.63, 3.8) is 0 Å². The Kier molecular flexibility index (Phi) is 6.24. The van der Waals surface area contributed by atoms with Crippen LogP contribution in [0.15, 0.2) is 23.3 Å². The maximum absolute atomic E-state index is 4.33. The summed E-state index contributed by atoms with van der Waals surface area (Å²) in [6.45, 7) is 3.67. The fraction of sp³-hybridized carbons (Fsp3) is 0.385. The Hall–Kier alpha value is -0.670. The number of aliphatic imine (C=N–C) groups is 1. The van der Waals surface area contributed by atoms with E-state index in [0.29, 0.717) is 0 Å². The standard InChI is InChI=1S/C13H17IN4S2/c1-9-7-17-12(19-9)8-18-13(15-2)16-6-5-10-3-4-11(14)20-10/h3-4,7H,5-6,8H2,1-2H3,(H2,15,16,18). The number of guanidine groups is 1. The van der Waals surface area contributed by atoms with Gasteiger partial charge in [0.2, 0.25) is 0 Å². The highest BCUT2D eigenvalue weighted by molar-refractivity contribution is 14.1. The Morgan fingerprint density at radius 2 is 2.20 bits per heavy atom. The van der Waals surface area contributed by atoms with E-state index in [-0.39, 0.29) is 0 Å². The van der Waals surface area contributed by atoms with Gasteiger partial charge in [-0.3, -0.25) is 4.99 Å². The summed E-state index contributed by atoms with van der Waals surface area (Å²) in [5.74, 6) is 0.823. The number of thiazole rings is 1. The molecule has 0 saturated carbocycles. The molecule has 0 aliphatic heterocycles. The van der Waals surface area contributed by atoms with Crippen LogP contribution >= 0.6 is 45.3 Å². The lowest BCUT2D eigenvalue weighted by Crippen LogP contribution is -2.37. The predicted molar refractivity (Wildman–Crippen MR) is 95.8 cm³/mol. The molecule has 0 atom stereocenters. The molecule has 7 heteroatoms. The Morgan fingerprint density at radius 3 is 2.80 bits per heavy atom. The lowest BCUT2D eigenvalue weighted by Gasteiger charge is -2.10. The molecule has 0 saturated heterocycles. The highest BCUT2D eigenvalue weighted by Gasteiger charge is 2.02. The van der Waals surface area contributed by atoms with Gasteiger partial charge in [0.25, 0.3) is 0 Å². The molecule has 2 aromatic heterocycles. The van der Waals surface area contributed by atoms with Gasteiger partial charge in [0.15, 0.2) is 5.96 Å². The molecule has 0 aliphatic rings. The third-order valence-electron chi connectivity index (χ3n) is 2.59. The van der Waals surface area contributed by atoms with Gasteiger partial charge < -0.3 is 10.6 Å². The lowest BCUT2D eigenvalue weighted by atomic mass is 10.3. The molecule has 4 nitrogen and oxygen atoms in total. The van der Waals surface area contributed by atoms with Crippen molar-refractivity contribution < 1.29 is 0 Å². The molecule has 2 aromatic rings. The topological polar surface area (TPSA) is 49.3 Å². The molecule has 2 heterocycles. The number of nitrogens with zero attached hydrogens (tertiary/aromatic N) is 2. The average molecular weight is 420 g/mol. The second-order valence-corrected chi connectivity index (χ2v) is 8.55. The summed E-state index contributed by atoms with van der Waals surface area (Å²) in [5.41, 5.74) is 0. The zero-order valence-corrected chi connectivity index (χ0v) is 15.2. The molecule has 0 aliphatic carbocycles. The van der Waals surface area contributed by atoms with Gasteiger partial charge in [0.1, 0.15) is 5.01 Å². The van der Waals surface area contributed by atoms with Gasteiger partial charge in [-0.1, -0.05) is 0 Å². The van der Waals surface area contributed by atoms with Gasteiger partial charge in [0.05, 0.1) is 9.43 Å². The van der Waals surface area contributed by atoms with Crippen molar-refractivity contribution in [2.75, 3.05) is 13.6 Å². The van der Waals surface area contributed by atoms with Gasteiger partial charge in [0, 0.05) is 29.5 Å². The summed E-state index contributed by atoms with van der Waals surface area (Å²) >= 11 is 5.90. The van der Waals surface area contributed by atoms with E-state index in [1.54, 1.807) is 18.4 Å². The van der Waals surface area contributed by atoms with E-state index >= 15 is 0 Å². The third kappa shape index (κ3) is 5.02. The molecule has 0 fully saturated rings. The smallest absolute Gasteiger partial charge is 0.191 e. The van der Waals surface area contributed by atoms with Crippen LogP contribution in [0.2, 0.25) is 0 Å². The SMILES string of the molecule is CN=C(NCCc1ccc(I)s1)NCc1ncc(C)s1. The van der Waals surface area contributed by atoms with Crippen molar-refractivity contribution in [2.24, 2.45) is 4.99 Å². The third-order valence-corrected chi connectivity index (χ3v) is 5.46. The Bertz CT molecular complexity index is 576. The van der Waals surface area contributed by atoms with Crippen LogP contribution in [0.5, 0.6) is 0 Å². The molecular formula is C13H17IN4S2. The minimum Gasteiger partial charge on any atom is -0.356 e. The zero-order valence-electron chi connectivity index (χ0n) is 11.4. The summed E-state index contributed by atoms with van der Waals surface area (Å²) in [4.78, 5) is 11.2. The monoisotopic (exact) mass is 420 g/mol. The molecular weight excluding hydrogens is 403 g/mol. The molecule has 0 radical (unpaired) electrons. The van der Waals surface area contributed by atoms with Crippen LogP contribution < -0.4 is 10.6 Å². The summed E-state index contributed by atoms with van der Waals surface area (Å²) < 4.78 is 1.33. The maximum atomic E-state index is 4.33. The summed E-state index contributed by atoms with van der Waals surface area (Å²) in [7, 11) is 1.79. The molecule has 108 valence electrons. The first kappa shape index (κ1) is 15.7. The quantitative estimate of drug-likeness (QED) is 0.444. The largest absolute Gasteiger partial charge is 0.356 e. The van der Waals surface area contributed by atoms with Gasteiger partial charge in [-0.15, -0.1) is 22.7 Å². The van der Waals surface area contributed by atoms with Gasteiger partial charge >= 0.3 is 0 Å². The summed E-state index contributed by atoms with van der Waals surface area (Å²) in [6, 6.07) is 4.33. The number of halogens is 1. The van der Waals surface area contributed by atoms with E-state index in [0.717, 1.165) is 30.5 Å². The Morgan fingerprint density at radius 1 is 1.35 bits per heavy atom. The number of thiophene rings is 1. The summed E-state index contributed by atoms with van der Waals surface area (Å²) in [5, 5.41) is 7.69. The van der Waals surface area contributed by atoms with E-state index in [2.05, 4.69) is 62.3 Å². The number of hydrogen-bond acceptors (Lipinski definition) is 4. The first-order valence-electron chi connectivity index (χ1n) is 6.27. The minimum atomic E-state index is 0.717. The minimum absolute atomic E-state index is 0.717. The second kappa shape index (κ2) is 7.94. The fourth-order valence-corrected chi connectivity index (χ4v) is 4.14. The Balaban J connectivity index is 1.72. The fourth-order valence-electron chi connectivity index (χ4n) is 1.65. The van der Waals surface area contributed by atoms with Crippen molar-refractivity contribution in [1.82, 2.24) is 15.6 Å². The van der Waals surface area contributed by atoms with Crippen LogP contribution in [0.3, 0.4) is 0 Å². The number of hydrogen-bond donors (Lipinski definition) is 2. The van der Waals surface area contributed by atoms with Crippen molar-refractivity contribution >= 4 is 51.2 Å². The number of nitrogens with one attached hydrogen (secondary N) is 2. The van der Waals surface area contributed by atoms with Crippen LogP contribution in [0.25, 0.3) is 0 Å². The molecule has 0 unspecified atom stereocenters. The van der Waals surface area contributed by atoms with Crippen molar-refractivity contribution in [1.29, 1.82) is 0 Å². The first-order valence-corrected chi connectivity index (χ1v) is 8.98. The van der Waals surface area contributed by atoms with E-state index in [1.165, 1.54) is 12.6 Å². The second-order valence-electron chi connectivity index (χ2n) is 4.17. The van der Waals surface area contributed by atoms with E-state index < -0.39 is 0 Å². The normalized spacial score (nSPS) is 11.7. The van der Waals surface area contributed by atoms with Gasteiger partial charge in [-0.05, 0) is 48.1 Å². The number of aromatic nitrogens is 1. The number of rotatable bonds is 5. The van der Waals surface area contributed by atoms with Gasteiger partial charge in [-0.25, -0.2) is 4.98 Å². The lowest BCUT2D eigenvalue weighted by molar-refractivity contribution is 0.796. The number of aryl methyl sites for hydroxylation is 1. The van der Waals surface area contributed by atoms with Crippen molar-refractivity contribution in [3.05, 3.63) is 36.0 Å². The van der Waals surface area contributed by atoms with Crippen molar-refractivity contribution in [2.45, 2.75) is 19.9 Å². The van der Waals surface area contributed by atoms with Gasteiger partial charge in [-0.2, -0.15) is 0 Å². The zero-order chi connectivity index (χ0) is 14.4. The maximum Gasteiger partial charge on any atom is 0.191 e. The highest BCUT2D eigenvalue weighted by Crippen LogP contribution is 2.18. The first-order chi connectivity index (χ1) is 9.67. The highest BCUT2D eigenvalue weighted by atomic mass is 127. The van der Waals surface area contributed by atoms with Crippen molar-refractivity contribution in [3.8, 4) is 0 Å². The average Bonchev–Trinajstić information content (AvgIpc) is 3.02. The molecule has 2 rings (SSSR count). The Labute approximate surface area is 140 Å². The molecule has 0 spiro atoms. The molecule has 0 amide bonds. The molecule has 0 bridgehead atoms. The summed E-state index contributed by atoms with van der Waals surface area (Å²) in [6.07, 6.45) is 2.92. The van der Waals surface area contributed by atoms with Crippen LogP contribution in [0.1, 0.15) is 14.8 Å². The van der Waals surface area contributed by atoms with Crippen LogP contribution in [-0.4, -0.2) is 24.5 Å². The van der Waals surface area contributed by atoms with E-state index in [1.807, 2.05) is 17.5 Å². The van der Waals surface area contributed by atoms with Crippen LogP contribution in [-0.2, 0) is 13.0 Å². The predicted octanol–water partition coefficient (Wildman–Crippen LogP) is 3.03. The van der Waals surface area contributed by atoms with Crippen LogP contribution in [0.4, 0.5) is 0 Å². The molecule has 20 heavy (non-hydrogen) atoms. The van der Waals surface area contributed by atoms with Crippen LogP contribution in [0, 0.1) is 9.81 Å².